The number of hydrogen-bond acceptors (Lipinski definition) is 5. The van der Waals surface area contributed by atoms with E-state index in [0.29, 0.717) is 22.6 Å². The van der Waals surface area contributed by atoms with Gasteiger partial charge in [0.05, 0.1) is 25.1 Å². The van der Waals surface area contributed by atoms with Gasteiger partial charge in [0.1, 0.15) is 28.7 Å². The van der Waals surface area contributed by atoms with Gasteiger partial charge in [0.25, 0.3) is 11.5 Å². The van der Waals surface area contributed by atoms with Gasteiger partial charge in [-0.25, -0.2) is 13.8 Å². The SMILES string of the molecule is COc1cc(OC)cc(-c2nc3ccccc3c(=O)n2NC(=O)c2c(F)cccc2F)c1. The summed E-state index contributed by atoms with van der Waals surface area (Å²) in [5.41, 5.74) is 1.58. The number of carbonyl (C=O) groups is 1. The Morgan fingerprint density at radius 3 is 2.19 bits per heavy atom. The van der Waals surface area contributed by atoms with Crippen LogP contribution in [0.5, 0.6) is 11.5 Å². The predicted octanol–water partition coefficient (Wildman–Crippen LogP) is 3.74. The number of aromatic nitrogens is 2. The molecule has 1 heterocycles. The lowest BCUT2D eigenvalue weighted by molar-refractivity contribution is 0.0999. The van der Waals surface area contributed by atoms with Gasteiger partial charge in [-0.15, -0.1) is 0 Å². The minimum atomic E-state index is -1.14. The fourth-order valence-corrected chi connectivity index (χ4v) is 3.24. The molecule has 0 fully saturated rings. The summed E-state index contributed by atoms with van der Waals surface area (Å²) in [5, 5.41) is 0.209. The molecule has 1 amide bonds. The van der Waals surface area contributed by atoms with Gasteiger partial charge in [0.15, 0.2) is 5.82 Å². The maximum Gasteiger partial charge on any atom is 0.280 e. The first-order chi connectivity index (χ1) is 15.4. The monoisotopic (exact) mass is 437 g/mol. The minimum absolute atomic E-state index is 0.0241. The van der Waals surface area contributed by atoms with Crippen LogP contribution in [0.3, 0.4) is 0 Å². The third-order valence-electron chi connectivity index (χ3n) is 4.79. The summed E-state index contributed by atoms with van der Waals surface area (Å²) in [4.78, 5) is 30.5. The van der Waals surface area contributed by atoms with Gasteiger partial charge in [-0.2, -0.15) is 4.68 Å². The van der Waals surface area contributed by atoms with Crippen molar-refractivity contribution in [3.63, 3.8) is 0 Å². The average Bonchev–Trinajstić information content (AvgIpc) is 2.80. The van der Waals surface area contributed by atoms with E-state index in [4.69, 9.17) is 9.47 Å². The Kier molecular flexibility index (Phi) is 5.55. The van der Waals surface area contributed by atoms with Crippen LogP contribution in [0.25, 0.3) is 22.3 Å². The van der Waals surface area contributed by atoms with E-state index in [1.165, 1.54) is 20.3 Å². The smallest absolute Gasteiger partial charge is 0.280 e. The molecule has 0 atom stereocenters. The number of amides is 1. The van der Waals surface area contributed by atoms with Crippen LogP contribution >= 0.6 is 0 Å². The molecule has 0 saturated carbocycles. The second-order valence-corrected chi connectivity index (χ2v) is 6.73. The van der Waals surface area contributed by atoms with Crippen LogP contribution in [0, 0.1) is 11.6 Å². The summed E-state index contributed by atoms with van der Waals surface area (Å²) in [6.45, 7) is 0. The number of nitrogens with zero attached hydrogens (tertiary/aromatic N) is 2. The zero-order valence-corrected chi connectivity index (χ0v) is 17.1. The summed E-state index contributed by atoms with van der Waals surface area (Å²) in [6, 6.07) is 14.4. The molecule has 0 aliphatic rings. The quantitative estimate of drug-likeness (QED) is 0.514. The predicted molar refractivity (Wildman–Crippen MR) is 115 cm³/mol. The average molecular weight is 437 g/mol. The van der Waals surface area contributed by atoms with Crippen molar-refractivity contribution in [1.29, 1.82) is 0 Å². The Labute approximate surface area is 180 Å². The second kappa shape index (κ2) is 8.46. The van der Waals surface area contributed by atoms with Crippen molar-refractivity contribution < 1.29 is 23.0 Å². The molecular weight excluding hydrogens is 420 g/mol. The molecular formula is C23H17F2N3O4. The van der Waals surface area contributed by atoms with Crippen molar-refractivity contribution in [3.05, 3.63) is 88.2 Å². The first kappa shape index (κ1) is 21.0. The fraction of sp³-hybridized carbons (Fsp3) is 0.0870. The van der Waals surface area contributed by atoms with Crippen molar-refractivity contribution in [2.75, 3.05) is 19.6 Å². The molecule has 1 N–H and O–H groups in total. The van der Waals surface area contributed by atoms with E-state index in [0.717, 1.165) is 22.9 Å². The van der Waals surface area contributed by atoms with Crippen molar-refractivity contribution >= 4 is 16.8 Å². The van der Waals surface area contributed by atoms with E-state index in [9.17, 15) is 18.4 Å². The van der Waals surface area contributed by atoms with E-state index < -0.39 is 28.7 Å². The molecule has 0 radical (unpaired) electrons. The van der Waals surface area contributed by atoms with Crippen LogP contribution in [-0.2, 0) is 0 Å². The summed E-state index contributed by atoms with van der Waals surface area (Å²) < 4.78 is 39.7. The second-order valence-electron chi connectivity index (χ2n) is 6.73. The molecule has 4 aromatic rings. The van der Waals surface area contributed by atoms with Gasteiger partial charge in [0.2, 0.25) is 0 Å². The zero-order valence-electron chi connectivity index (χ0n) is 17.1. The number of methoxy groups -OCH3 is 2. The Balaban J connectivity index is 1.95. The molecule has 9 heteroatoms. The summed E-state index contributed by atoms with van der Waals surface area (Å²) in [6.07, 6.45) is 0. The molecule has 3 aromatic carbocycles. The molecule has 0 unspecified atom stereocenters. The highest BCUT2D eigenvalue weighted by molar-refractivity contribution is 6.01. The van der Waals surface area contributed by atoms with E-state index in [1.54, 1.807) is 36.4 Å². The molecule has 0 bridgehead atoms. The largest absolute Gasteiger partial charge is 0.497 e. The van der Waals surface area contributed by atoms with E-state index in [-0.39, 0.29) is 11.2 Å². The highest BCUT2D eigenvalue weighted by atomic mass is 19.1. The lowest BCUT2D eigenvalue weighted by atomic mass is 10.1. The lowest BCUT2D eigenvalue weighted by Crippen LogP contribution is -2.36. The van der Waals surface area contributed by atoms with Crippen LogP contribution in [0.15, 0.2) is 65.5 Å². The fourth-order valence-electron chi connectivity index (χ4n) is 3.24. The number of ether oxygens (including phenoxy) is 2. The zero-order chi connectivity index (χ0) is 22.8. The Hall–Kier alpha value is -4.27. The van der Waals surface area contributed by atoms with Gasteiger partial charge in [0, 0.05) is 11.6 Å². The van der Waals surface area contributed by atoms with E-state index in [2.05, 4.69) is 10.4 Å². The molecule has 0 saturated heterocycles. The minimum Gasteiger partial charge on any atom is -0.497 e. The number of para-hydroxylation sites is 1. The van der Waals surface area contributed by atoms with Gasteiger partial charge < -0.3 is 9.47 Å². The third-order valence-corrected chi connectivity index (χ3v) is 4.79. The Morgan fingerprint density at radius 1 is 0.938 bits per heavy atom. The molecule has 7 nitrogen and oxygen atoms in total. The van der Waals surface area contributed by atoms with Crippen molar-refractivity contribution in [1.82, 2.24) is 9.66 Å². The molecule has 32 heavy (non-hydrogen) atoms. The molecule has 1 aromatic heterocycles. The number of halogens is 2. The number of hydrogen-bond donors (Lipinski definition) is 1. The Morgan fingerprint density at radius 2 is 1.56 bits per heavy atom. The maximum atomic E-state index is 14.1. The van der Waals surface area contributed by atoms with Gasteiger partial charge in [-0.1, -0.05) is 18.2 Å². The van der Waals surface area contributed by atoms with Gasteiger partial charge in [-0.3, -0.25) is 15.0 Å². The van der Waals surface area contributed by atoms with Gasteiger partial charge >= 0.3 is 0 Å². The van der Waals surface area contributed by atoms with Crippen LogP contribution < -0.4 is 20.5 Å². The van der Waals surface area contributed by atoms with Crippen LogP contribution in [0.2, 0.25) is 0 Å². The van der Waals surface area contributed by atoms with Crippen molar-refractivity contribution in [2.24, 2.45) is 0 Å². The summed E-state index contributed by atoms with van der Waals surface area (Å²) >= 11 is 0. The standard InChI is InChI=1S/C23H17F2N3O4/c1-31-14-10-13(11-15(12-14)32-2)21-26-19-9-4-3-6-16(19)23(30)28(21)27-22(29)20-17(24)7-5-8-18(20)25/h3-12H,1-2H3,(H,27,29). The summed E-state index contributed by atoms with van der Waals surface area (Å²) in [5.74, 6) is -2.41. The lowest BCUT2D eigenvalue weighted by Gasteiger charge is -2.16. The highest BCUT2D eigenvalue weighted by Gasteiger charge is 2.21. The first-order valence-corrected chi connectivity index (χ1v) is 9.43. The van der Waals surface area contributed by atoms with Crippen LogP contribution in [0.4, 0.5) is 8.78 Å². The third kappa shape index (κ3) is 3.76. The van der Waals surface area contributed by atoms with Crippen molar-refractivity contribution in [3.8, 4) is 22.9 Å². The van der Waals surface area contributed by atoms with Gasteiger partial charge in [-0.05, 0) is 36.4 Å². The maximum absolute atomic E-state index is 14.1. The normalized spacial score (nSPS) is 10.8. The van der Waals surface area contributed by atoms with Crippen molar-refractivity contribution in [2.45, 2.75) is 0 Å². The highest BCUT2D eigenvalue weighted by Crippen LogP contribution is 2.29. The number of benzene rings is 3. The van der Waals surface area contributed by atoms with E-state index >= 15 is 0 Å². The molecule has 4 rings (SSSR count). The molecule has 0 spiro atoms. The number of fused-ring (bicyclic) bond motifs is 1. The topological polar surface area (TPSA) is 82.4 Å². The van der Waals surface area contributed by atoms with Crippen LogP contribution in [0.1, 0.15) is 10.4 Å². The molecule has 0 aliphatic heterocycles. The molecule has 0 aliphatic carbocycles. The molecule has 162 valence electrons. The number of nitrogens with one attached hydrogen (secondary N) is 1. The number of carbonyl (C=O) groups excluding carboxylic acids is 1. The first-order valence-electron chi connectivity index (χ1n) is 9.43. The van der Waals surface area contributed by atoms with Crippen LogP contribution in [-0.4, -0.2) is 29.8 Å². The van der Waals surface area contributed by atoms with E-state index in [1.807, 2.05) is 0 Å². The number of rotatable bonds is 5. The summed E-state index contributed by atoms with van der Waals surface area (Å²) in [7, 11) is 2.92. The Bertz CT molecular complexity index is 1360.